The van der Waals surface area contributed by atoms with Crippen LogP contribution >= 0.6 is 23.2 Å². The molecule has 1 aliphatic heterocycles. The number of benzene rings is 1. The minimum Gasteiger partial charge on any atom is -0.367 e. The van der Waals surface area contributed by atoms with Gasteiger partial charge in [0.15, 0.2) is 0 Å². The average Bonchev–Trinajstić information content (AvgIpc) is 2.23. The molecule has 2 N–H and O–H groups in total. The highest BCUT2D eigenvalue weighted by molar-refractivity contribution is 6.34. The first kappa shape index (κ1) is 17.0. The van der Waals surface area contributed by atoms with Crippen LogP contribution in [0.2, 0.25) is 10.0 Å². The summed E-state index contributed by atoms with van der Waals surface area (Å²) in [6.07, 6.45) is 0. The first-order valence-electron chi connectivity index (χ1n) is 7.22. The zero-order valence-electron chi connectivity index (χ0n) is 13.1. The van der Waals surface area contributed by atoms with Crippen LogP contribution < -0.4 is 5.73 Å². The van der Waals surface area contributed by atoms with Gasteiger partial charge in [-0.1, -0.05) is 23.2 Å². The van der Waals surface area contributed by atoms with Gasteiger partial charge in [0, 0.05) is 35.7 Å². The van der Waals surface area contributed by atoms with Crippen LogP contribution in [0.25, 0.3) is 0 Å². The zero-order valence-corrected chi connectivity index (χ0v) is 14.6. The van der Waals surface area contributed by atoms with E-state index in [9.17, 15) is 0 Å². The normalized spacial score (nSPS) is 23.0. The molecule has 1 saturated heterocycles. The quantitative estimate of drug-likeness (QED) is 0.913. The van der Waals surface area contributed by atoms with Crippen molar-refractivity contribution in [2.45, 2.75) is 44.9 Å². The van der Waals surface area contributed by atoms with Crippen molar-refractivity contribution in [1.82, 2.24) is 4.90 Å². The van der Waals surface area contributed by atoms with E-state index < -0.39 is 0 Å². The maximum atomic E-state index is 6.13. The number of morpholine rings is 1. The first-order valence-corrected chi connectivity index (χ1v) is 7.98. The van der Waals surface area contributed by atoms with E-state index in [1.165, 1.54) is 0 Å². The number of nitrogens with zero attached hydrogens (tertiary/aromatic N) is 1. The van der Waals surface area contributed by atoms with Gasteiger partial charge in [-0.05, 0) is 51.5 Å². The molecule has 1 aromatic carbocycles. The summed E-state index contributed by atoms with van der Waals surface area (Å²) in [4.78, 5) is 2.37. The topological polar surface area (TPSA) is 38.5 Å². The van der Waals surface area contributed by atoms with Gasteiger partial charge in [0.05, 0.1) is 11.2 Å². The molecule has 5 heteroatoms. The highest BCUT2D eigenvalue weighted by atomic mass is 35.5. The smallest absolute Gasteiger partial charge is 0.0761 e. The summed E-state index contributed by atoms with van der Waals surface area (Å²) in [5.74, 6) is 0. The van der Waals surface area contributed by atoms with Gasteiger partial charge in [0.2, 0.25) is 0 Å². The molecule has 0 radical (unpaired) electrons. The number of ether oxygens (including phenoxy) is 1. The maximum absolute atomic E-state index is 6.13. The third-order valence-corrected chi connectivity index (χ3v) is 4.09. The van der Waals surface area contributed by atoms with Gasteiger partial charge in [-0.15, -0.1) is 0 Å². The lowest BCUT2D eigenvalue weighted by molar-refractivity contribution is -0.187. The molecule has 1 fully saturated rings. The molecule has 1 heterocycles. The molecule has 0 aromatic heterocycles. The van der Waals surface area contributed by atoms with Crippen molar-refractivity contribution >= 4 is 23.2 Å². The fourth-order valence-electron chi connectivity index (χ4n) is 3.33. The first-order chi connectivity index (χ1) is 9.62. The molecule has 21 heavy (non-hydrogen) atoms. The molecule has 118 valence electrons. The summed E-state index contributed by atoms with van der Waals surface area (Å²) in [5.41, 5.74) is 6.68. The SMILES string of the molecule is CC1(C)CN(C(CN)c2cc(Cl)cc(Cl)c2)CC(C)(C)O1. The van der Waals surface area contributed by atoms with E-state index in [0.29, 0.717) is 16.6 Å². The van der Waals surface area contributed by atoms with Crippen LogP contribution in [0.3, 0.4) is 0 Å². The summed E-state index contributed by atoms with van der Waals surface area (Å²) < 4.78 is 6.13. The predicted octanol–water partition coefficient (Wildman–Crippen LogP) is 3.88. The molecule has 1 aliphatic rings. The Morgan fingerprint density at radius 1 is 1.10 bits per heavy atom. The molecular formula is C16H24Cl2N2O. The Morgan fingerprint density at radius 3 is 2.00 bits per heavy atom. The van der Waals surface area contributed by atoms with Crippen LogP contribution in [0.15, 0.2) is 18.2 Å². The fraction of sp³-hybridized carbons (Fsp3) is 0.625. The van der Waals surface area contributed by atoms with Crippen LogP contribution in [0.1, 0.15) is 39.3 Å². The van der Waals surface area contributed by atoms with Crippen molar-refractivity contribution in [1.29, 1.82) is 0 Å². The van der Waals surface area contributed by atoms with Gasteiger partial charge in [0.25, 0.3) is 0 Å². The van der Waals surface area contributed by atoms with Gasteiger partial charge in [0.1, 0.15) is 0 Å². The second-order valence-corrected chi connectivity index (χ2v) is 7.85. The monoisotopic (exact) mass is 330 g/mol. The highest BCUT2D eigenvalue weighted by Crippen LogP contribution is 2.34. The Labute approximate surface area is 137 Å². The van der Waals surface area contributed by atoms with E-state index in [1.54, 1.807) is 6.07 Å². The molecule has 1 atom stereocenters. The average molecular weight is 331 g/mol. The molecule has 3 nitrogen and oxygen atoms in total. The van der Waals surface area contributed by atoms with Crippen LogP contribution in [0, 0.1) is 0 Å². The molecule has 0 aliphatic carbocycles. The van der Waals surface area contributed by atoms with Crippen LogP contribution in [0.4, 0.5) is 0 Å². The highest BCUT2D eigenvalue weighted by Gasteiger charge is 2.40. The van der Waals surface area contributed by atoms with Gasteiger partial charge in [-0.2, -0.15) is 0 Å². The third kappa shape index (κ3) is 4.33. The molecule has 2 rings (SSSR count). The van der Waals surface area contributed by atoms with Crippen molar-refractivity contribution in [3.8, 4) is 0 Å². The Bertz CT molecular complexity index is 481. The van der Waals surface area contributed by atoms with E-state index in [2.05, 4.69) is 32.6 Å². The van der Waals surface area contributed by atoms with E-state index in [0.717, 1.165) is 18.7 Å². The van der Waals surface area contributed by atoms with Gasteiger partial charge in [-0.25, -0.2) is 0 Å². The lowest BCUT2D eigenvalue weighted by Crippen LogP contribution is -2.58. The molecule has 0 saturated carbocycles. The minimum absolute atomic E-state index is 0.0867. The number of nitrogens with two attached hydrogens (primary N) is 1. The zero-order chi connectivity index (χ0) is 15.8. The third-order valence-electron chi connectivity index (χ3n) is 3.65. The lowest BCUT2D eigenvalue weighted by Gasteiger charge is -2.49. The Hall–Kier alpha value is -0.320. The predicted molar refractivity (Wildman–Crippen MR) is 89.1 cm³/mol. The van der Waals surface area contributed by atoms with Gasteiger partial charge < -0.3 is 10.5 Å². The molecule has 1 unspecified atom stereocenters. The summed E-state index contributed by atoms with van der Waals surface area (Å²) in [6.45, 7) is 10.6. The van der Waals surface area contributed by atoms with Crippen molar-refractivity contribution in [3.63, 3.8) is 0 Å². The second kappa shape index (κ2) is 6.05. The van der Waals surface area contributed by atoms with Crippen molar-refractivity contribution in [2.75, 3.05) is 19.6 Å². The van der Waals surface area contributed by atoms with Gasteiger partial charge in [-0.3, -0.25) is 4.90 Å². The Kier molecular flexibility index (Phi) is 4.91. The second-order valence-electron chi connectivity index (χ2n) is 6.98. The molecule has 0 spiro atoms. The van der Waals surface area contributed by atoms with E-state index in [-0.39, 0.29) is 17.2 Å². The summed E-state index contributed by atoms with van der Waals surface area (Å²) in [6, 6.07) is 5.72. The molecule has 0 bridgehead atoms. The minimum atomic E-state index is -0.211. The van der Waals surface area contributed by atoms with Crippen LogP contribution in [-0.4, -0.2) is 35.7 Å². The largest absolute Gasteiger partial charge is 0.367 e. The number of halogens is 2. The number of rotatable bonds is 3. The summed E-state index contributed by atoms with van der Waals surface area (Å²) in [5, 5.41) is 1.28. The Morgan fingerprint density at radius 2 is 1.57 bits per heavy atom. The van der Waals surface area contributed by atoms with Crippen molar-refractivity contribution in [3.05, 3.63) is 33.8 Å². The molecular weight excluding hydrogens is 307 g/mol. The Balaban J connectivity index is 2.32. The van der Waals surface area contributed by atoms with Crippen molar-refractivity contribution < 1.29 is 4.74 Å². The van der Waals surface area contributed by atoms with Crippen LogP contribution in [0.5, 0.6) is 0 Å². The van der Waals surface area contributed by atoms with Crippen LogP contribution in [-0.2, 0) is 4.74 Å². The van der Waals surface area contributed by atoms with E-state index >= 15 is 0 Å². The lowest BCUT2D eigenvalue weighted by atomic mass is 9.95. The maximum Gasteiger partial charge on any atom is 0.0761 e. The molecule has 1 aromatic rings. The van der Waals surface area contributed by atoms with Crippen molar-refractivity contribution in [2.24, 2.45) is 5.73 Å². The van der Waals surface area contributed by atoms with E-state index in [4.69, 9.17) is 33.7 Å². The fourth-order valence-corrected chi connectivity index (χ4v) is 3.87. The summed E-state index contributed by atoms with van der Waals surface area (Å²) >= 11 is 12.3. The number of hydrogen-bond acceptors (Lipinski definition) is 3. The summed E-state index contributed by atoms with van der Waals surface area (Å²) in [7, 11) is 0. The number of hydrogen-bond donors (Lipinski definition) is 1. The van der Waals surface area contributed by atoms with Gasteiger partial charge >= 0.3 is 0 Å². The standard InChI is InChI=1S/C16H24Cl2N2O/c1-15(2)9-20(10-16(3,4)21-15)14(8-19)11-5-12(17)7-13(18)6-11/h5-7,14H,8-10,19H2,1-4H3. The molecule has 0 amide bonds. The van der Waals surface area contributed by atoms with E-state index in [1.807, 2.05) is 12.1 Å².